The van der Waals surface area contributed by atoms with Crippen LogP contribution in [0.2, 0.25) is 0 Å². The molecule has 252 valence electrons. The van der Waals surface area contributed by atoms with Crippen LogP contribution in [-0.2, 0) is 0 Å². The number of hydrogen-bond donors (Lipinski definition) is 0. The summed E-state index contributed by atoms with van der Waals surface area (Å²) >= 11 is 0. The van der Waals surface area contributed by atoms with Gasteiger partial charge in [-0.05, 0) is 118 Å². The molecule has 2 heteroatoms. The van der Waals surface area contributed by atoms with Crippen molar-refractivity contribution in [1.29, 1.82) is 0 Å². The number of allylic oxidation sites excluding steroid dienone is 4. The van der Waals surface area contributed by atoms with Crippen LogP contribution in [0.4, 0.5) is 0 Å². The molecule has 2 nitrogen and oxygen atoms in total. The van der Waals surface area contributed by atoms with Crippen LogP contribution in [0.1, 0.15) is 35.1 Å². The minimum Gasteiger partial charge on any atom is -0.312 e. The average Bonchev–Trinajstić information content (AvgIpc) is 3.92. The number of nitrogens with zero attached hydrogens (tertiary/aromatic N) is 2. The van der Waals surface area contributed by atoms with Crippen molar-refractivity contribution >= 4 is 93.0 Å². The third-order valence-corrected chi connectivity index (χ3v) is 13.8. The fraction of sp³-hybridized carbons (Fsp3) is 0.115. The zero-order valence-corrected chi connectivity index (χ0v) is 30.2. The molecule has 4 heterocycles. The summed E-state index contributed by atoms with van der Waals surface area (Å²) < 4.78 is 5.27. The fourth-order valence-corrected chi connectivity index (χ4v) is 11.8. The number of para-hydroxylation sites is 1. The Labute approximate surface area is 310 Å². The van der Waals surface area contributed by atoms with E-state index in [1.54, 1.807) is 5.57 Å². The second kappa shape index (κ2) is 9.40. The van der Waals surface area contributed by atoms with Gasteiger partial charge in [0.05, 0.1) is 27.4 Å². The molecule has 2 atom stereocenters. The first-order valence-corrected chi connectivity index (χ1v) is 19.6. The van der Waals surface area contributed by atoms with Gasteiger partial charge in [0.1, 0.15) is 0 Å². The molecule has 3 aliphatic carbocycles. The molecule has 0 bridgehead atoms. The standard InChI is InChI=1S/C52H34N2/c1-27-14-22-42-37(24-27)49-47-39(26-36-32-10-3-5-12-40(32)53(42)51(36)49)46(34-21-19-31-17-16-29-8-7-9-30-18-20-33(34)45(31)44(29)30)48-35-11-4-6-13-41(35)54-43-23-15-28(2)25-38(43)50(47)52(48)54/h3-9,11-25,32,39H,10,26H2,1-2H3. The maximum atomic E-state index is 2.66. The van der Waals surface area contributed by atoms with E-state index in [1.165, 1.54) is 125 Å². The van der Waals surface area contributed by atoms with Crippen LogP contribution in [-0.4, -0.2) is 8.97 Å². The molecule has 0 spiro atoms. The highest BCUT2D eigenvalue weighted by Gasteiger charge is 2.42. The average molecular weight is 687 g/mol. The Hall–Kier alpha value is -6.38. The van der Waals surface area contributed by atoms with E-state index in [4.69, 9.17) is 0 Å². The van der Waals surface area contributed by atoms with Crippen LogP contribution in [0.25, 0.3) is 93.0 Å². The van der Waals surface area contributed by atoms with Crippen molar-refractivity contribution in [3.8, 4) is 0 Å². The second-order valence-corrected chi connectivity index (χ2v) is 16.4. The van der Waals surface area contributed by atoms with Gasteiger partial charge in [-0.15, -0.1) is 0 Å². The third-order valence-electron chi connectivity index (χ3n) is 13.8. The molecular formula is C52H34N2. The molecule has 10 aromatic rings. The quantitative estimate of drug-likeness (QED) is 0.152. The predicted octanol–water partition coefficient (Wildman–Crippen LogP) is 10.4. The van der Waals surface area contributed by atoms with Crippen molar-refractivity contribution in [2.45, 2.75) is 26.7 Å². The van der Waals surface area contributed by atoms with E-state index >= 15 is 0 Å². The summed E-state index contributed by atoms with van der Waals surface area (Å²) in [5.41, 5.74) is 16.9. The zero-order chi connectivity index (χ0) is 35.1. The molecule has 54 heavy (non-hydrogen) atoms. The molecule has 0 N–H and O–H groups in total. The summed E-state index contributed by atoms with van der Waals surface area (Å²) in [4.78, 5) is 0. The lowest BCUT2D eigenvalue weighted by Crippen LogP contribution is -2.39. The molecule has 7 aromatic carbocycles. The van der Waals surface area contributed by atoms with Gasteiger partial charge in [0.25, 0.3) is 0 Å². The number of aromatic nitrogens is 2. The molecule has 0 saturated carbocycles. The van der Waals surface area contributed by atoms with Gasteiger partial charge in [0.15, 0.2) is 0 Å². The van der Waals surface area contributed by atoms with Crippen molar-refractivity contribution in [2.24, 2.45) is 11.8 Å². The molecule has 0 radical (unpaired) electrons. The van der Waals surface area contributed by atoms with Gasteiger partial charge in [-0.2, -0.15) is 0 Å². The lowest BCUT2D eigenvalue weighted by molar-refractivity contribution is 0.769. The normalized spacial score (nSPS) is 18.7. The van der Waals surface area contributed by atoms with E-state index in [1.807, 2.05) is 0 Å². The van der Waals surface area contributed by atoms with Crippen LogP contribution in [0.5, 0.6) is 0 Å². The molecule has 0 amide bonds. The maximum absolute atomic E-state index is 2.66. The van der Waals surface area contributed by atoms with Gasteiger partial charge >= 0.3 is 0 Å². The van der Waals surface area contributed by atoms with Crippen molar-refractivity contribution in [3.63, 3.8) is 0 Å². The SMILES string of the molecule is Cc1ccc2c(c1)c1c3c(c4ccccc4n32)=C(c2ccc3ccc4cccc5ccc2c3c45)C2CC3=c4c(c5cc(C)ccc5n4C4=CC=CCC43)=C12. The van der Waals surface area contributed by atoms with E-state index in [2.05, 4.69) is 156 Å². The lowest BCUT2D eigenvalue weighted by atomic mass is 9.69. The van der Waals surface area contributed by atoms with Crippen LogP contribution in [0, 0.1) is 25.7 Å². The van der Waals surface area contributed by atoms with Crippen LogP contribution in [0.3, 0.4) is 0 Å². The fourth-order valence-electron chi connectivity index (χ4n) is 11.8. The Bertz CT molecular complexity index is 3670. The summed E-state index contributed by atoms with van der Waals surface area (Å²) in [6.07, 6.45) is 9.16. The Balaban J connectivity index is 1.28. The van der Waals surface area contributed by atoms with Crippen molar-refractivity contribution < 1.29 is 0 Å². The third kappa shape index (κ3) is 3.12. The van der Waals surface area contributed by atoms with Crippen molar-refractivity contribution in [1.82, 2.24) is 8.97 Å². The summed E-state index contributed by atoms with van der Waals surface area (Å²) in [5.74, 6) is 0.605. The predicted molar refractivity (Wildman–Crippen MR) is 226 cm³/mol. The Morgan fingerprint density at radius 2 is 1.31 bits per heavy atom. The lowest BCUT2D eigenvalue weighted by Gasteiger charge is -2.33. The summed E-state index contributed by atoms with van der Waals surface area (Å²) in [6, 6.07) is 44.6. The smallest absolute Gasteiger partial charge is 0.0626 e. The van der Waals surface area contributed by atoms with Crippen molar-refractivity contribution in [3.05, 3.63) is 172 Å². The maximum Gasteiger partial charge on any atom is 0.0626 e. The van der Waals surface area contributed by atoms with Crippen LogP contribution in [0.15, 0.2) is 133 Å². The highest BCUT2D eigenvalue weighted by atomic mass is 15.0. The Morgan fingerprint density at radius 3 is 2.19 bits per heavy atom. The number of aryl methyl sites for hydroxylation is 2. The Morgan fingerprint density at radius 1 is 0.574 bits per heavy atom. The molecule has 0 saturated heterocycles. The van der Waals surface area contributed by atoms with Gasteiger partial charge in [0.2, 0.25) is 0 Å². The molecule has 0 fully saturated rings. The topological polar surface area (TPSA) is 9.34 Å². The van der Waals surface area contributed by atoms with E-state index in [0.29, 0.717) is 5.92 Å². The van der Waals surface area contributed by atoms with E-state index < -0.39 is 0 Å². The van der Waals surface area contributed by atoms with E-state index in [0.717, 1.165) is 12.8 Å². The highest BCUT2D eigenvalue weighted by molar-refractivity contribution is 6.25. The highest BCUT2D eigenvalue weighted by Crippen LogP contribution is 2.52. The monoisotopic (exact) mass is 686 g/mol. The van der Waals surface area contributed by atoms with Gasteiger partial charge in [-0.25, -0.2) is 0 Å². The van der Waals surface area contributed by atoms with Crippen LogP contribution < -0.4 is 15.8 Å². The molecule has 14 rings (SSSR count). The summed E-state index contributed by atoms with van der Waals surface area (Å²) in [7, 11) is 0. The second-order valence-electron chi connectivity index (χ2n) is 16.4. The number of hydrogen-bond acceptors (Lipinski definition) is 0. The van der Waals surface area contributed by atoms with Gasteiger partial charge in [0, 0.05) is 49.7 Å². The minimum absolute atomic E-state index is 0.198. The first-order chi connectivity index (χ1) is 26.6. The zero-order valence-electron chi connectivity index (χ0n) is 30.2. The van der Waals surface area contributed by atoms with Crippen LogP contribution >= 0.6 is 0 Å². The molecule has 3 aromatic heterocycles. The molecule has 4 aliphatic rings. The largest absolute Gasteiger partial charge is 0.312 e. The number of rotatable bonds is 1. The Kier molecular flexibility index (Phi) is 4.90. The minimum atomic E-state index is 0.198. The van der Waals surface area contributed by atoms with Gasteiger partial charge < -0.3 is 8.97 Å². The molecule has 2 unspecified atom stereocenters. The molecule has 1 aliphatic heterocycles. The van der Waals surface area contributed by atoms with E-state index in [9.17, 15) is 0 Å². The first-order valence-electron chi connectivity index (χ1n) is 19.6. The summed E-state index contributed by atoms with van der Waals surface area (Å²) in [5, 5.41) is 16.6. The van der Waals surface area contributed by atoms with Gasteiger partial charge in [-0.1, -0.05) is 108 Å². The first kappa shape index (κ1) is 28.2. The number of benzene rings is 7. The number of fused-ring (bicyclic) bond motifs is 14. The van der Waals surface area contributed by atoms with Gasteiger partial charge in [-0.3, -0.25) is 0 Å². The molecular weight excluding hydrogens is 653 g/mol. The summed E-state index contributed by atoms with van der Waals surface area (Å²) in [6.45, 7) is 4.52. The van der Waals surface area contributed by atoms with E-state index in [-0.39, 0.29) is 5.92 Å². The van der Waals surface area contributed by atoms with Crippen molar-refractivity contribution in [2.75, 3.05) is 0 Å².